The molecule has 1 aliphatic heterocycles. The van der Waals surface area contributed by atoms with Crippen molar-refractivity contribution in [1.29, 1.82) is 0 Å². The maximum Gasteiger partial charge on any atom is 0.223 e. The van der Waals surface area contributed by atoms with Gasteiger partial charge in [-0.2, -0.15) is 0 Å². The molecule has 0 spiro atoms. The molecule has 3 aliphatic rings. The zero-order valence-corrected chi connectivity index (χ0v) is 10.7. The summed E-state index contributed by atoms with van der Waals surface area (Å²) in [7, 11) is 0. The third-order valence-electron chi connectivity index (χ3n) is 4.71. The first-order chi connectivity index (χ1) is 8.34. The standard InChI is InChI=1S/C14H24N2O/c17-14(9-11-3-1-2-4-11)16-8-7-15-10-13(16)12-5-6-12/h11-13,15H,1-10H2. The maximum absolute atomic E-state index is 12.4. The molecule has 1 atom stereocenters. The summed E-state index contributed by atoms with van der Waals surface area (Å²) >= 11 is 0. The average Bonchev–Trinajstić information content (AvgIpc) is 3.08. The second kappa shape index (κ2) is 4.97. The Morgan fingerprint density at radius 3 is 2.65 bits per heavy atom. The highest BCUT2D eigenvalue weighted by Gasteiger charge is 2.38. The molecule has 96 valence electrons. The number of nitrogens with one attached hydrogen (secondary N) is 1. The summed E-state index contributed by atoms with van der Waals surface area (Å²) in [5.74, 6) is 1.93. The molecule has 1 N–H and O–H groups in total. The van der Waals surface area contributed by atoms with Gasteiger partial charge in [0.25, 0.3) is 0 Å². The minimum Gasteiger partial charge on any atom is -0.337 e. The van der Waals surface area contributed by atoms with Crippen LogP contribution in [-0.2, 0) is 4.79 Å². The van der Waals surface area contributed by atoms with Crippen molar-refractivity contribution in [3.05, 3.63) is 0 Å². The molecule has 1 heterocycles. The molecule has 0 aromatic carbocycles. The van der Waals surface area contributed by atoms with Crippen molar-refractivity contribution in [2.45, 2.75) is 51.0 Å². The van der Waals surface area contributed by atoms with Crippen LogP contribution in [0.5, 0.6) is 0 Å². The van der Waals surface area contributed by atoms with E-state index in [1.165, 1.54) is 38.5 Å². The second-order valence-electron chi connectivity index (χ2n) is 6.05. The van der Waals surface area contributed by atoms with Crippen LogP contribution in [0, 0.1) is 11.8 Å². The number of hydrogen-bond donors (Lipinski definition) is 1. The first-order valence-electron chi connectivity index (χ1n) is 7.35. The van der Waals surface area contributed by atoms with Crippen LogP contribution >= 0.6 is 0 Å². The van der Waals surface area contributed by atoms with Crippen molar-refractivity contribution >= 4 is 5.91 Å². The SMILES string of the molecule is O=C(CC1CCCC1)N1CCNCC1C1CC1. The van der Waals surface area contributed by atoms with Gasteiger partial charge in [0.1, 0.15) is 0 Å². The third kappa shape index (κ3) is 2.65. The lowest BCUT2D eigenvalue weighted by Gasteiger charge is -2.37. The Morgan fingerprint density at radius 2 is 1.94 bits per heavy atom. The number of rotatable bonds is 3. The van der Waals surface area contributed by atoms with Crippen LogP contribution in [0.1, 0.15) is 44.9 Å². The number of hydrogen-bond acceptors (Lipinski definition) is 2. The Morgan fingerprint density at radius 1 is 1.18 bits per heavy atom. The lowest BCUT2D eigenvalue weighted by atomic mass is 10.0. The van der Waals surface area contributed by atoms with Gasteiger partial charge in [-0.3, -0.25) is 4.79 Å². The molecule has 2 aliphatic carbocycles. The van der Waals surface area contributed by atoms with Crippen LogP contribution in [0.2, 0.25) is 0 Å². The summed E-state index contributed by atoms with van der Waals surface area (Å²) in [6, 6.07) is 0.512. The zero-order valence-electron chi connectivity index (χ0n) is 10.7. The lowest BCUT2D eigenvalue weighted by Crippen LogP contribution is -2.54. The molecule has 3 heteroatoms. The summed E-state index contributed by atoms with van der Waals surface area (Å²) < 4.78 is 0. The lowest BCUT2D eigenvalue weighted by molar-refractivity contribution is -0.135. The van der Waals surface area contributed by atoms with Crippen molar-refractivity contribution in [3.63, 3.8) is 0 Å². The summed E-state index contributed by atoms with van der Waals surface area (Å²) in [5.41, 5.74) is 0. The average molecular weight is 236 g/mol. The van der Waals surface area contributed by atoms with Gasteiger partial charge < -0.3 is 10.2 Å². The highest BCUT2D eigenvalue weighted by atomic mass is 16.2. The topological polar surface area (TPSA) is 32.3 Å². The second-order valence-corrected chi connectivity index (χ2v) is 6.05. The molecule has 0 radical (unpaired) electrons. The van der Waals surface area contributed by atoms with Crippen LogP contribution < -0.4 is 5.32 Å². The molecule has 2 saturated carbocycles. The van der Waals surface area contributed by atoms with E-state index in [1.807, 2.05) is 0 Å². The van der Waals surface area contributed by atoms with Crippen molar-refractivity contribution in [1.82, 2.24) is 10.2 Å². The molecule has 1 saturated heterocycles. The molecule has 3 nitrogen and oxygen atoms in total. The normalized spacial score (nSPS) is 30.8. The molecule has 1 unspecified atom stereocenters. The van der Waals surface area contributed by atoms with E-state index in [9.17, 15) is 4.79 Å². The third-order valence-corrected chi connectivity index (χ3v) is 4.71. The fraction of sp³-hybridized carbons (Fsp3) is 0.929. The Balaban J connectivity index is 1.57. The minimum absolute atomic E-state index is 0.440. The van der Waals surface area contributed by atoms with Crippen molar-refractivity contribution < 1.29 is 4.79 Å². The van der Waals surface area contributed by atoms with E-state index in [-0.39, 0.29) is 0 Å². The Kier molecular flexibility index (Phi) is 3.37. The Bertz CT molecular complexity index is 282. The summed E-state index contributed by atoms with van der Waals surface area (Å²) in [5, 5.41) is 3.44. The number of carbonyl (C=O) groups is 1. The molecule has 3 rings (SSSR count). The minimum atomic E-state index is 0.440. The van der Waals surface area contributed by atoms with E-state index in [0.29, 0.717) is 17.9 Å². The molecule has 17 heavy (non-hydrogen) atoms. The largest absolute Gasteiger partial charge is 0.337 e. The summed E-state index contributed by atoms with van der Waals surface area (Å²) in [4.78, 5) is 14.6. The Labute approximate surface area is 104 Å². The number of carbonyl (C=O) groups excluding carboxylic acids is 1. The summed E-state index contributed by atoms with van der Waals surface area (Å²) in [6.45, 7) is 2.95. The maximum atomic E-state index is 12.4. The monoisotopic (exact) mass is 236 g/mol. The number of piperazine rings is 1. The van der Waals surface area contributed by atoms with E-state index in [1.54, 1.807) is 0 Å². The predicted molar refractivity (Wildman–Crippen MR) is 67.7 cm³/mol. The van der Waals surface area contributed by atoms with Gasteiger partial charge in [0.2, 0.25) is 5.91 Å². The molecule has 1 amide bonds. The van der Waals surface area contributed by atoms with E-state index in [0.717, 1.165) is 32.0 Å². The zero-order chi connectivity index (χ0) is 11.7. The molecule has 0 bridgehead atoms. The fourth-order valence-electron chi connectivity index (χ4n) is 3.52. The van der Waals surface area contributed by atoms with Gasteiger partial charge >= 0.3 is 0 Å². The van der Waals surface area contributed by atoms with Crippen molar-refractivity contribution in [2.75, 3.05) is 19.6 Å². The van der Waals surface area contributed by atoms with E-state index < -0.39 is 0 Å². The number of amides is 1. The molecule has 0 aromatic heterocycles. The van der Waals surface area contributed by atoms with Crippen LogP contribution in [-0.4, -0.2) is 36.5 Å². The fourth-order valence-corrected chi connectivity index (χ4v) is 3.52. The van der Waals surface area contributed by atoms with Crippen LogP contribution in [0.25, 0.3) is 0 Å². The molecule has 3 fully saturated rings. The van der Waals surface area contributed by atoms with Crippen molar-refractivity contribution in [2.24, 2.45) is 11.8 Å². The highest BCUT2D eigenvalue weighted by molar-refractivity contribution is 5.77. The van der Waals surface area contributed by atoms with Gasteiger partial charge in [-0.05, 0) is 37.5 Å². The van der Waals surface area contributed by atoms with E-state index in [2.05, 4.69) is 10.2 Å². The van der Waals surface area contributed by atoms with Gasteiger partial charge in [0, 0.05) is 32.1 Å². The molecule has 0 aromatic rings. The number of nitrogens with zero attached hydrogens (tertiary/aromatic N) is 1. The van der Waals surface area contributed by atoms with E-state index in [4.69, 9.17) is 0 Å². The highest BCUT2D eigenvalue weighted by Crippen LogP contribution is 2.36. The van der Waals surface area contributed by atoms with Crippen LogP contribution in [0.3, 0.4) is 0 Å². The smallest absolute Gasteiger partial charge is 0.223 e. The predicted octanol–water partition coefficient (Wildman–Crippen LogP) is 1.78. The van der Waals surface area contributed by atoms with Gasteiger partial charge in [-0.15, -0.1) is 0 Å². The molecular formula is C14H24N2O. The van der Waals surface area contributed by atoms with Gasteiger partial charge in [-0.1, -0.05) is 12.8 Å². The van der Waals surface area contributed by atoms with E-state index >= 15 is 0 Å². The van der Waals surface area contributed by atoms with Gasteiger partial charge in [-0.25, -0.2) is 0 Å². The van der Waals surface area contributed by atoms with Crippen LogP contribution in [0.4, 0.5) is 0 Å². The van der Waals surface area contributed by atoms with Gasteiger partial charge in [0.15, 0.2) is 0 Å². The quantitative estimate of drug-likeness (QED) is 0.810. The van der Waals surface area contributed by atoms with Crippen molar-refractivity contribution in [3.8, 4) is 0 Å². The molecular weight excluding hydrogens is 212 g/mol. The van der Waals surface area contributed by atoms with Gasteiger partial charge in [0.05, 0.1) is 0 Å². The summed E-state index contributed by atoms with van der Waals surface area (Å²) in [6.07, 6.45) is 8.73. The Hall–Kier alpha value is -0.570. The van der Waals surface area contributed by atoms with Crippen LogP contribution in [0.15, 0.2) is 0 Å². The first-order valence-corrected chi connectivity index (χ1v) is 7.35. The first kappa shape index (κ1) is 11.5.